The van der Waals surface area contributed by atoms with Crippen molar-refractivity contribution in [3.05, 3.63) is 48.0 Å². The maximum Gasteiger partial charge on any atom is 0.262 e. The molecule has 0 aliphatic heterocycles. The second kappa shape index (κ2) is 7.57. The number of hydrogen-bond donors (Lipinski definition) is 1. The first-order chi connectivity index (χ1) is 11.4. The van der Waals surface area contributed by atoms with Crippen molar-refractivity contribution in [1.82, 2.24) is 0 Å². The highest BCUT2D eigenvalue weighted by molar-refractivity contribution is 7.92. The summed E-state index contributed by atoms with van der Waals surface area (Å²) in [7, 11) is -0.728. The fourth-order valence-electron chi connectivity index (χ4n) is 2.43. The molecule has 5 nitrogen and oxygen atoms in total. The van der Waals surface area contributed by atoms with Gasteiger partial charge in [0.2, 0.25) is 0 Å². The second-order valence-electron chi connectivity index (χ2n) is 5.92. The molecule has 2 aromatic carbocycles. The SMILES string of the molecule is COc1ccc(S(=O)(=O)Nc2cccc(CC(C)C)c2)cc1OC. The van der Waals surface area contributed by atoms with E-state index in [1.54, 1.807) is 12.1 Å². The zero-order valence-corrected chi connectivity index (χ0v) is 15.2. The van der Waals surface area contributed by atoms with Crippen LogP contribution in [-0.4, -0.2) is 22.6 Å². The third-order valence-electron chi connectivity index (χ3n) is 3.49. The Morgan fingerprint density at radius 3 is 2.33 bits per heavy atom. The Balaban J connectivity index is 2.28. The molecule has 1 N–H and O–H groups in total. The number of benzene rings is 2. The molecule has 0 fully saturated rings. The van der Waals surface area contributed by atoms with Crippen molar-refractivity contribution in [1.29, 1.82) is 0 Å². The van der Waals surface area contributed by atoms with Crippen molar-refractivity contribution in [3.63, 3.8) is 0 Å². The van der Waals surface area contributed by atoms with Gasteiger partial charge in [-0.15, -0.1) is 0 Å². The molecule has 0 spiro atoms. The molecule has 0 radical (unpaired) electrons. The van der Waals surface area contributed by atoms with E-state index in [0.717, 1.165) is 12.0 Å². The molecule has 0 heterocycles. The molecule has 2 rings (SSSR count). The van der Waals surface area contributed by atoms with E-state index in [0.29, 0.717) is 23.1 Å². The summed E-state index contributed by atoms with van der Waals surface area (Å²) in [5, 5.41) is 0. The minimum atomic E-state index is -3.70. The van der Waals surface area contributed by atoms with Gasteiger partial charge in [-0.05, 0) is 42.2 Å². The second-order valence-corrected chi connectivity index (χ2v) is 7.60. The Kier molecular flexibility index (Phi) is 5.72. The molecule has 0 amide bonds. The van der Waals surface area contributed by atoms with Crippen LogP contribution < -0.4 is 14.2 Å². The van der Waals surface area contributed by atoms with Crippen molar-refractivity contribution < 1.29 is 17.9 Å². The minimum Gasteiger partial charge on any atom is -0.493 e. The van der Waals surface area contributed by atoms with Crippen LogP contribution in [-0.2, 0) is 16.4 Å². The molecule has 0 aliphatic rings. The topological polar surface area (TPSA) is 64.6 Å². The number of sulfonamides is 1. The number of nitrogens with one attached hydrogen (secondary N) is 1. The van der Waals surface area contributed by atoms with Crippen molar-refractivity contribution in [2.24, 2.45) is 5.92 Å². The van der Waals surface area contributed by atoms with E-state index in [9.17, 15) is 8.42 Å². The molecule has 6 heteroatoms. The van der Waals surface area contributed by atoms with Gasteiger partial charge < -0.3 is 9.47 Å². The first-order valence-corrected chi connectivity index (χ1v) is 9.18. The predicted octanol–water partition coefficient (Wildman–Crippen LogP) is 3.70. The van der Waals surface area contributed by atoms with Gasteiger partial charge in [-0.2, -0.15) is 0 Å². The molecular formula is C18H23NO4S. The molecule has 0 aromatic heterocycles. The van der Waals surface area contributed by atoms with Gasteiger partial charge in [-0.1, -0.05) is 26.0 Å². The lowest BCUT2D eigenvalue weighted by atomic mass is 10.0. The molecule has 0 saturated carbocycles. The van der Waals surface area contributed by atoms with Crippen molar-refractivity contribution >= 4 is 15.7 Å². The van der Waals surface area contributed by atoms with Crippen molar-refractivity contribution in [2.45, 2.75) is 25.2 Å². The molecule has 2 aromatic rings. The van der Waals surface area contributed by atoms with Gasteiger partial charge >= 0.3 is 0 Å². The lowest BCUT2D eigenvalue weighted by molar-refractivity contribution is 0.354. The average Bonchev–Trinajstić information content (AvgIpc) is 2.53. The number of ether oxygens (including phenoxy) is 2. The van der Waals surface area contributed by atoms with Crippen molar-refractivity contribution in [3.8, 4) is 11.5 Å². The largest absolute Gasteiger partial charge is 0.493 e. The highest BCUT2D eigenvalue weighted by Crippen LogP contribution is 2.30. The van der Waals surface area contributed by atoms with Gasteiger partial charge in [0.25, 0.3) is 10.0 Å². The molecule has 0 saturated heterocycles. The van der Waals surface area contributed by atoms with Crippen LogP contribution in [0.15, 0.2) is 47.4 Å². The fraction of sp³-hybridized carbons (Fsp3) is 0.333. The first-order valence-electron chi connectivity index (χ1n) is 7.69. The Bertz CT molecular complexity index is 800. The summed E-state index contributed by atoms with van der Waals surface area (Å²) in [6.07, 6.45) is 0.895. The highest BCUT2D eigenvalue weighted by atomic mass is 32.2. The van der Waals surface area contributed by atoms with E-state index in [1.165, 1.54) is 26.4 Å². The van der Waals surface area contributed by atoms with Crippen LogP contribution in [0.1, 0.15) is 19.4 Å². The van der Waals surface area contributed by atoms with Crippen LogP contribution in [0.2, 0.25) is 0 Å². The zero-order valence-electron chi connectivity index (χ0n) is 14.4. The Hall–Kier alpha value is -2.21. The van der Waals surface area contributed by atoms with Crippen LogP contribution in [0.25, 0.3) is 0 Å². The molecule has 0 aliphatic carbocycles. The van der Waals surface area contributed by atoms with Crippen LogP contribution in [0.5, 0.6) is 11.5 Å². The van der Waals surface area contributed by atoms with Crippen LogP contribution >= 0.6 is 0 Å². The summed E-state index contributed by atoms with van der Waals surface area (Å²) >= 11 is 0. The Morgan fingerprint density at radius 2 is 1.71 bits per heavy atom. The minimum absolute atomic E-state index is 0.120. The van der Waals surface area contributed by atoms with E-state index in [-0.39, 0.29) is 4.90 Å². The van der Waals surface area contributed by atoms with Gasteiger partial charge in [0.05, 0.1) is 19.1 Å². The maximum atomic E-state index is 12.6. The van der Waals surface area contributed by atoms with E-state index < -0.39 is 10.0 Å². The molecule has 130 valence electrons. The summed E-state index contributed by atoms with van der Waals surface area (Å²) in [5.41, 5.74) is 1.64. The molecule has 24 heavy (non-hydrogen) atoms. The first kappa shape index (κ1) is 18.1. The summed E-state index contributed by atoms with van der Waals surface area (Å²) in [4.78, 5) is 0.120. The summed E-state index contributed by atoms with van der Waals surface area (Å²) < 4.78 is 38.1. The number of anilines is 1. The molecule has 0 unspecified atom stereocenters. The quantitative estimate of drug-likeness (QED) is 0.828. The van der Waals surface area contributed by atoms with Gasteiger partial charge in [0, 0.05) is 11.8 Å². The standard InChI is InChI=1S/C18H23NO4S/c1-13(2)10-14-6-5-7-15(11-14)19-24(20,21)16-8-9-17(22-3)18(12-16)23-4/h5-9,11-13,19H,10H2,1-4H3. The Morgan fingerprint density at radius 1 is 1.00 bits per heavy atom. The van der Waals surface area contributed by atoms with E-state index in [4.69, 9.17) is 9.47 Å². The lowest BCUT2D eigenvalue weighted by Crippen LogP contribution is -2.13. The van der Waals surface area contributed by atoms with Gasteiger partial charge in [-0.25, -0.2) is 8.42 Å². The van der Waals surface area contributed by atoms with E-state index in [2.05, 4.69) is 18.6 Å². The third-order valence-corrected chi connectivity index (χ3v) is 4.87. The van der Waals surface area contributed by atoms with Crippen molar-refractivity contribution in [2.75, 3.05) is 18.9 Å². The summed E-state index contributed by atoms with van der Waals surface area (Å²) in [6, 6.07) is 11.9. The number of methoxy groups -OCH3 is 2. The lowest BCUT2D eigenvalue weighted by Gasteiger charge is -2.12. The van der Waals surface area contributed by atoms with E-state index >= 15 is 0 Å². The number of rotatable bonds is 7. The average molecular weight is 349 g/mol. The zero-order chi connectivity index (χ0) is 17.7. The fourth-order valence-corrected chi connectivity index (χ4v) is 3.50. The normalized spacial score (nSPS) is 11.4. The van der Waals surface area contributed by atoms with Crippen LogP contribution in [0.3, 0.4) is 0 Å². The maximum absolute atomic E-state index is 12.6. The molecule has 0 atom stereocenters. The molecule has 0 bridgehead atoms. The van der Waals surface area contributed by atoms with Gasteiger partial charge in [0.15, 0.2) is 11.5 Å². The predicted molar refractivity (Wildman–Crippen MR) is 95.3 cm³/mol. The smallest absolute Gasteiger partial charge is 0.262 e. The van der Waals surface area contributed by atoms with Crippen LogP contribution in [0.4, 0.5) is 5.69 Å². The van der Waals surface area contributed by atoms with E-state index in [1.807, 2.05) is 18.2 Å². The van der Waals surface area contributed by atoms with Gasteiger partial charge in [0.1, 0.15) is 0 Å². The summed E-state index contributed by atoms with van der Waals surface area (Å²) in [5.74, 6) is 1.35. The summed E-state index contributed by atoms with van der Waals surface area (Å²) in [6.45, 7) is 4.25. The Labute approximate surface area is 143 Å². The van der Waals surface area contributed by atoms with Gasteiger partial charge in [-0.3, -0.25) is 4.72 Å². The number of hydrogen-bond acceptors (Lipinski definition) is 4. The molecular weight excluding hydrogens is 326 g/mol. The monoisotopic (exact) mass is 349 g/mol. The third kappa shape index (κ3) is 4.41. The van der Waals surface area contributed by atoms with Crippen LogP contribution in [0, 0.1) is 5.92 Å². The highest BCUT2D eigenvalue weighted by Gasteiger charge is 2.17.